The Morgan fingerprint density at radius 3 is 2.46 bits per heavy atom. The van der Waals surface area contributed by atoms with E-state index in [1.165, 1.54) is 6.20 Å². The van der Waals surface area contributed by atoms with E-state index in [1.807, 2.05) is 4.68 Å². The minimum Gasteiger partial charge on any atom is -0.395 e. The summed E-state index contributed by atoms with van der Waals surface area (Å²) in [7, 11) is -2.66. The predicted molar refractivity (Wildman–Crippen MR) is 138 cm³/mol. The normalized spacial score (nSPS) is 15.6. The van der Waals surface area contributed by atoms with Crippen molar-refractivity contribution in [1.29, 1.82) is 0 Å². The lowest BCUT2D eigenvalue weighted by Crippen LogP contribution is -2.36. The Hall–Kier alpha value is -2.95. The predicted octanol–water partition coefficient (Wildman–Crippen LogP) is 4.36. The van der Waals surface area contributed by atoms with E-state index in [0.29, 0.717) is 28.9 Å². The van der Waals surface area contributed by atoms with Gasteiger partial charge in [0.15, 0.2) is 0 Å². The number of aliphatic hydroxyl groups is 1. The van der Waals surface area contributed by atoms with Gasteiger partial charge in [-0.15, -0.1) is 0 Å². The molecule has 0 aliphatic carbocycles. The highest BCUT2D eigenvalue weighted by molar-refractivity contribution is 7.70. The number of alkyl halides is 3. The van der Waals surface area contributed by atoms with Crippen molar-refractivity contribution in [3.8, 4) is 0 Å². The van der Waals surface area contributed by atoms with Gasteiger partial charge in [-0.1, -0.05) is 12.1 Å². The number of anilines is 4. The Bertz CT molecular complexity index is 1280. The van der Waals surface area contributed by atoms with Crippen molar-refractivity contribution in [3.05, 3.63) is 47.9 Å². The van der Waals surface area contributed by atoms with Crippen molar-refractivity contribution in [2.75, 3.05) is 50.2 Å². The number of aromatic nitrogens is 4. The maximum absolute atomic E-state index is 13.8. The number of hydrogen-bond donors (Lipinski definition) is 3. The third-order valence-electron chi connectivity index (χ3n) is 6.44. The molecule has 13 heteroatoms. The van der Waals surface area contributed by atoms with E-state index >= 15 is 0 Å². The van der Waals surface area contributed by atoms with E-state index in [1.54, 1.807) is 44.5 Å². The summed E-state index contributed by atoms with van der Waals surface area (Å²) in [6.45, 7) is 7.40. The van der Waals surface area contributed by atoms with E-state index in [4.69, 9.17) is 5.11 Å². The zero-order chi connectivity index (χ0) is 26.8. The summed E-state index contributed by atoms with van der Waals surface area (Å²) in [5, 5.41) is 19.9. The molecule has 1 aromatic carbocycles. The molecular weight excluding hydrogens is 506 g/mol. The average molecular weight is 538 g/mol. The molecule has 0 unspecified atom stereocenters. The number of likely N-dealkylation sites (tertiary alicyclic amines) is 1. The zero-order valence-electron chi connectivity index (χ0n) is 21.0. The molecule has 1 aliphatic rings. The molecule has 3 aromatic rings. The molecular formula is C24H31F3N7O2P. The fourth-order valence-electron chi connectivity index (χ4n) is 4.48. The van der Waals surface area contributed by atoms with Gasteiger partial charge in [-0.25, -0.2) is 4.98 Å². The number of β-amino-alcohol motifs (C(OH)–C–C–N with tert-alkyl or cyclic N) is 1. The molecule has 2 aromatic heterocycles. The maximum Gasteiger partial charge on any atom is 0.421 e. The summed E-state index contributed by atoms with van der Waals surface area (Å²) in [6, 6.07) is 6.99. The largest absolute Gasteiger partial charge is 0.421 e. The molecule has 0 amide bonds. The van der Waals surface area contributed by atoms with Crippen molar-refractivity contribution in [3.63, 3.8) is 0 Å². The highest BCUT2D eigenvalue weighted by Crippen LogP contribution is 2.39. The van der Waals surface area contributed by atoms with Crippen molar-refractivity contribution >= 4 is 35.6 Å². The number of aliphatic hydroxyl groups excluding tert-OH is 1. The Kier molecular flexibility index (Phi) is 7.91. The molecule has 1 aliphatic heterocycles. The molecule has 1 saturated heterocycles. The molecule has 0 spiro atoms. The second-order valence-electron chi connectivity index (χ2n) is 9.46. The zero-order valence-corrected chi connectivity index (χ0v) is 21.9. The van der Waals surface area contributed by atoms with Crippen molar-refractivity contribution in [2.45, 2.75) is 32.0 Å². The smallest absolute Gasteiger partial charge is 0.395 e. The summed E-state index contributed by atoms with van der Waals surface area (Å²) in [5.41, 5.74) is 0.579. The van der Waals surface area contributed by atoms with Crippen molar-refractivity contribution in [1.82, 2.24) is 24.6 Å². The van der Waals surface area contributed by atoms with Gasteiger partial charge in [-0.05, 0) is 45.2 Å². The van der Waals surface area contributed by atoms with Gasteiger partial charge in [-0.3, -0.25) is 4.68 Å². The molecule has 3 heterocycles. The fraction of sp³-hybridized carbons (Fsp3) is 0.458. The first kappa shape index (κ1) is 27.1. The first-order valence-electron chi connectivity index (χ1n) is 12.0. The summed E-state index contributed by atoms with van der Waals surface area (Å²) < 4.78 is 55.9. The van der Waals surface area contributed by atoms with E-state index in [9.17, 15) is 17.7 Å². The van der Waals surface area contributed by atoms with Crippen LogP contribution in [0.4, 0.5) is 36.3 Å². The lowest BCUT2D eigenvalue weighted by atomic mass is 10.1. The highest BCUT2D eigenvalue weighted by atomic mass is 31.2. The Balaban J connectivity index is 1.60. The molecule has 9 nitrogen and oxygen atoms in total. The van der Waals surface area contributed by atoms with Crippen LogP contribution in [0.25, 0.3) is 0 Å². The van der Waals surface area contributed by atoms with Gasteiger partial charge in [0.05, 0.1) is 35.9 Å². The fourth-order valence-corrected chi connectivity index (χ4v) is 5.64. The number of nitrogens with one attached hydrogen (secondary N) is 2. The second-order valence-corrected chi connectivity index (χ2v) is 12.6. The van der Waals surface area contributed by atoms with E-state index in [2.05, 4.69) is 30.6 Å². The summed E-state index contributed by atoms with van der Waals surface area (Å²) in [5.74, 6) is -0.461. The molecule has 4 rings (SSSR count). The second kappa shape index (κ2) is 10.8. The lowest BCUT2D eigenvalue weighted by molar-refractivity contribution is -0.137. The summed E-state index contributed by atoms with van der Waals surface area (Å²) in [4.78, 5) is 10.2. The van der Waals surface area contributed by atoms with Crippen LogP contribution in [-0.2, 0) is 10.7 Å². The van der Waals surface area contributed by atoms with Crippen LogP contribution in [0, 0.1) is 6.92 Å². The first-order chi connectivity index (χ1) is 17.5. The topological polar surface area (TPSA) is 108 Å². The van der Waals surface area contributed by atoms with Crippen molar-refractivity contribution < 1.29 is 22.8 Å². The molecule has 0 radical (unpaired) electrons. The third kappa shape index (κ3) is 6.31. The van der Waals surface area contributed by atoms with Crippen LogP contribution >= 0.6 is 7.14 Å². The number of hydrogen-bond acceptors (Lipinski definition) is 8. The van der Waals surface area contributed by atoms with Crippen LogP contribution in [0.3, 0.4) is 0 Å². The van der Waals surface area contributed by atoms with Gasteiger partial charge in [-0.2, -0.15) is 23.3 Å². The SMILES string of the molecule is Cc1c(Nc2nc(Nc3ccccc3P(C)(C)=O)ncc2C(F)(F)F)cnn1C1CCN(CCO)CC1. The van der Waals surface area contributed by atoms with Gasteiger partial charge in [0.1, 0.15) is 18.5 Å². The van der Waals surface area contributed by atoms with Crippen LogP contribution in [-0.4, -0.2) is 69.3 Å². The molecule has 37 heavy (non-hydrogen) atoms. The first-order valence-corrected chi connectivity index (χ1v) is 14.6. The van der Waals surface area contributed by atoms with Crippen LogP contribution in [0.5, 0.6) is 0 Å². The number of rotatable bonds is 8. The van der Waals surface area contributed by atoms with Crippen LogP contribution < -0.4 is 15.9 Å². The molecule has 1 fully saturated rings. The van der Waals surface area contributed by atoms with Crippen LogP contribution in [0.1, 0.15) is 30.1 Å². The molecule has 3 N–H and O–H groups in total. The highest BCUT2D eigenvalue weighted by Gasteiger charge is 2.36. The Morgan fingerprint density at radius 2 is 1.81 bits per heavy atom. The molecule has 0 bridgehead atoms. The molecule has 0 atom stereocenters. The monoisotopic (exact) mass is 537 g/mol. The van der Waals surface area contributed by atoms with E-state index < -0.39 is 24.7 Å². The number of piperidine rings is 1. The standard InChI is InChI=1S/C24H31F3N7O2P/c1-16-20(15-29-34(16)17-8-10-33(11-9-17)12-13-35)30-22-18(24(25,26)27)14-28-23(32-22)31-19-6-4-5-7-21(19)37(2,3)36/h4-7,14-15,17,35H,8-13H2,1-3H3,(H2,28,30,31,32). The lowest BCUT2D eigenvalue weighted by Gasteiger charge is -2.32. The van der Waals surface area contributed by atoms with E-state index in [-0.39, 0.29) is 18.6 Å². The van der Waals surface area contributed by atoms with Crippen LogP contribution in [0.2, 0.25) is 0 Å². The third-order valence-corrected chi connectivity index (χ3v) is 7.99. The summed E-state index contributed by atoms with van der Waals surface area (Å²) in [6.07, 6.45) is -0.783. The average Bonchev–Trinajstić information content (AvgIpc) is 3.19. The van der Waals surface area contributed by atoms with Crippen LogP contribution in [0.15, 0.2) is 36.7 Å². The number of nitrogens with zero attached hydrogens (tertiary/aromatic N) is 5. The molecule has 200 valence electrons. The van der Waals surface area contributed by atoms with Crippen molar-refractivity contribution in [2.24, 2.45) is 0 Å². The number of benzene rings is 1. The Labute approximate surface area is 213 Å². The molecule has 0 saturated carbocycles. The van der Waals surface area contributed by atoms with Gasteiger partial charge in [0.2, 0.25) is 5.95 Å². The van der Waals surface area contributed by atoms with Gasteiger partial charge >= 0.3 is 6.18 Å². The minimum atomic E-state index is -4.68. The quantitative estimate of drug-likeness (QED) is 0.364. The Morgan fingerprint density at radius 1 is 1.11 bits per heavy atom. The van der Waals surface area contributed by atoms with Gasteiger partial charge in [0, 0.05) is 31.1 Å². The number of halogens is 3. The minimum absolute atomic E-state index is 0.0577. The van der Waals surface area contributed by atoms with Gasteiger partial charge in [0.25, 0.3) is 0 Å². The number of para-hydroxylation sites is 1. The summed E-state index contributed by atoms with van der Waals surface area (Å²) >= 11 is 0. The van der Waals surface area contributed by atoms with Gasteiger partial charge < -0.3 is 25.2 Å². The maximum atomic E-state index is 13.8. The van der Waals surface area contributed by atoms with E-state index in [0.717, 1.165) is 32.1 Å².